The minimum absolute atomic E-state index is 0.425. The molecule has 0 aliphatic heterocycles. The molecule has 0 N–H and O–H groups in total. The number of nitrogens with zero attached hydrogens (tertiary/aromatic N) is 3. The van der Waals surface area contributed by atoms with E-state index < -0.39 is 0 Å². The van der Waals surface area contributed by atoms with Crippen molar-refractivity contribution in [2.75, 3.05) is 0 Å². The van der Waals surface area contributed by atoms with Crippen molar-refractivity contribution in [2.24, 2.45) is 0 Å². The lowest BCUT2D eigenvalue weighted by molar-refractivity contribution is 1.17. The molecule has 0 saturated heterocycles. The molecule has 0 atom stereocenters. The Morgan fingerprint density at radius 2 is 1.75 bits per heavy atom. The summed E-state index contributed by atoms with van der Waals surface area (Å²) in [5.74, 6) is 0.584. The predicted molar refractivity (Wildman–Crippen MR) is 80.4 cm³/mol. The first-order valence-electron chi connectivity index (χ1n) is 6.24. The van der Waals surface area contributed by atoms with Crippen LogP contribution in [-0.2, 0) is 0 Å². The molecule has 4 heteroatoms. The molecule has 0 saturated carbocycles. The average molecular weight is 282 g/mol. The van der Waals surface area contributed by atoms with Crippen LogP contribution in [0.15, 0.2) is 54.9 Å². The maximum Gasteiger partial charge on any atom is 0.163 e. The van der Waals surface area contributed by atoms with Gasteiger partial charge in [-0.3, -0.25) is 4.98 Å². The fourth-order valence-electron chi connectivity index (χ4n) is 1.91. The zero-order valence-electron chi connectivity index (χ0n) is 10.9. The van der Waals surface area contributed by atoms with Gasteiger partial charge in [0.25, 0.3) is 0 Å². The molecule has 0 radical (unpaired) electrons. The van der Waals surface area contributed by atoms with Crippen LogP contribution >= 0.6 is 11.6 Å². The van der Waals surface area contributed by atoms with Crippen LogP contribution < -0.4 is 0 Å². The van der Waals surface area contributed by atoms with Gasteiger partial charge >= 0.3 is 0 Å². The number of aromatic nitrogens is 3. The highest BCUT2D eigenvalue weighted by Gasteiger charge is 2.07. The molecule has 0 unspecified atom stereocenters. The second kappa shape index (κ2) is 5.39. The average Bonchev–Trinajstić information content (AvgIpc) is 2.48. The monoisotopic (exact) mass is 281 g/mol. The van der Waals surface area contributed by atoms with Crippen molar-refractivity contribution in [2.45, 2.75) is 6.92 Å². The third-order valence-electron chi connectivity index (χ3n) is 2.96. The van der Waals surface area contributed by atoms with E-state index in [1.165, 1.54) is 5.56 Å². The van der Waals surface area contributed by atoms with Gasteiger partial charge in [0.1, 0.15) is 5.15 Å². The van der Waals surface area contributed by atoms with E-state index in [1.807, 2.05) is 24.3 Å². The van der Waals surface area contributed by atoms with Gasteiger partial charge in [-0.25, -0.2) is 9.97 Å². The van der Waals surface area contributed by atoms with E-state index in [-0.39, 0.29) is 0 Å². The van der Waals surface area contributed by atoms with E-state index in [4.69, 9.17) is 11.6 Å². The van der Waals surface area contributed by atoms with Crippen molar-refractivity contribution in [3.63, 3.8) is 0 Å². The smallest absolute Gasteiger partial charge is 0.163 e. The lowest BCUT2D eigenvalue weighted by Gasteiger charge is -2.05. The largest absolute Gasteiger partial charge is 0.264 e. The van der Waals surface area contributed by atoms with Gasteiger partial charge in [0.05, 0.1) is 5.69 Å². The quantitative estimate of drug-likeness (QED) is 0.662. The second-order valence-corrected chi connectivity index (χ2v) is 4.89. The van der Waals surface area contributed by atoms with Gasteiger partial charge in [0.2, 0.25) is 0 Å². The van der Waals surface area contributed by atoms with E-state index in [0.717, 1.165) is 16.8 Å². The molecule has 3 rings (SSSR count). The molecule has 0 aliphatic carbocycles. The molecule has 0 spiro atoms. The molecule has 0 aliphatic rings. The minimum atomic E-state index is 0.425. The summed E-state index contributed by atoms with van der Waals surface area (Å²) in [5, 5.41) is 0.425. The summed E-state index contributed by atoms with van der Waals surface area (Å²) in [5.41, 5.74) is 3.89. The SMILES string of the molecule is Cc1ccc(-c2cc(Cl)nc(-c3cccnc3)n2)cc1. The first-order chi connectivity index (χ1) is 9.72. The van der Waals surface area contributed by atoms with Crippen molar-refractivity contribution >= 4 is 11.6 Å². The maximum atomic E-state index is 6.11. The summed E-state index contributed by atoms with van der Waals surface area (Å²) in [6.45, 7) is 2.05. The highest BCUT2D eigenvalue weighted by molar-refractivity contribution is 6.29. The van der Waals surface area contributed by atoms with Gasteiger partial charge in [0, 0.05) is 29.6 Å². The standard InChI is InChI=1S/C16H12ClN3/c1-11-4-6-12(7-5-11)14-9-15(17)20-16(19-14)13-3-2-8-18-10-13/h2-10H,1H3. The van der Waals surface area contributed by atoms with Crippen LogP contribution in [0, 0.1) is 6.92 Å². The number of pyridine rings is 1. The Hall–Kier alpha value is -2.26. The molecule has 3 aromatic rings. The number of benzene rings is 1. The molecule has 2 aromatic heterocycles. The normalized spacial score (nSPS) is 10.5. The maximum absolute atomic E-state index is 6.11. The zero-order chi connectivity index (χ0) is 13.9. The molecule has 20 heavy (non-hydrogen) atoms. The molecular formula is C16H12ClN3. The molecule has 2 heterocycles. The Morgan fingerprint density at radius 3 is 2.45 bits per heavy atom. The molecular weight excluding hydrogens is 270 g/mol. The summed E-state index contributed by atoms with van der Waals surface area (Å²) < 4.78 is 0. The van der Waals surface area contributed by atoms with E-state index in [2.05, 4.69) is 34.0 Å². The van der Waals surface area contributed by atoms with Crippen molar-refractivity contribution in [3.05, 3.63) is 65.6 Å². The third-order valence-corrected chi connectivity index (χ3v) is 3.16. The van der Waals surface area contributed by atoms with Gasteiger partial charge in [-0.2, -0.15) is 0 Å². The summed E-state index contributed by atoms with van der Waals surface area (Å²) in [6.07, 6.45) is 3.44. The molecule has 0 fully saturated rings. The van der Waals surface area contributed by atoms with Crippen molar-refractivity contribution in [1.82, 2.24) is 15.0 Å². The highest BCUT2D eigenvalue weighted by Crippen LogP contribution is 2.24. The van der Waals surface area contributed by atoms with Crippen molar-refractivity contribution < 1.29 is 0 Å². The Morgan fingerprint density at radius 1 is 0.950 bits per heavy atom. The Bertz CT molecular complexity index is 724. The van der Waals surface area contributed by atoms with Gasteiger partial charge in [-0.15, -0.1) is 0 Å². The zero-order valence-corrected chi connectivity index (χ0v) is 11.7. The number of halogens is 1. The van der Waals surface area contributed by atoms with Gasteiger partial charge < -0.3 is 0 Å². The van der Waals surface area contributed by atoms with Crippen molar-refractivity contribution in [1.29, 1.82) is 0 Å². The van der Waals surface area contributed by atoms with Crippen LogP contribution in [0.1, 0.15) is 5.56 Å². The fraction of sp³-hybridized carbons (Fsp3) is 0.0625. The topological polar surface area (TPSA) is 38.7 Å². The molecule has 0 bridgehead atoms. The molecule has 3 nitrogen and oxygen atoms in total. The second-order valence-electron chi connectivity index (χ2n) is 4.51. The summed E-state index contributed by atoms with van der Waals surface area (Å²) >= 11 is 6.11. The van der Waals surface area contributed by atoms with Gasteiger partial charge in [0.15, 0.2) is 5.82 Å². The van der Waals surface area contributed by atoms with Gasteiger partial charge in [-0.05, 0) is 19.1 Å². The van der Waals surface area contributed by atoms with Crippen molar-refractivity contribution in [3.8, 4) is 22.6 Å². The Balaban J connectivity index is 2.09. The van der Waals surface area contributed by atoms with Crippen LogP contribution in [0.5, 0.6) is 0 Å². The van der Waals surface area contributed by atoms with Gasteiger partial charge in [-0.1, -0.05) is 41.4 Å². The predicted octanol–water partition coefficient (Wildman–Crippen LogP) is 4.17. The van der Waals surface area contributed by atoms with Crippen LogP contribution in [0.25, 0.3) is 22.6 Å². The number of rotatable bonds is 2. The number of hydrogen-bond donors (Lipinski definition) is 0. The number of hydrogen-bond acceptors (Lipinski definition) is 3. The molecule has 0 amide bonds. The van der Waals surface area contributed by atoms with E-state index >= 15 is 0 Å². The first-order valence-corrected chi connectivity index (χ1v) is 6.62. The number of aryl methyl sites for hydroxylation is 1. The van der Waals surface area contributed by atoms with Crippen LogP contribution in [0.3, 0.4) is 0 Å². The van der Waals surface area contributed by atoms with Crippen LogP contribution in [0.2, 0.25) is 5.15 Å². The van der Waals surface area contributed by atoms with E-state index in [0.29, 0.717) is 11.0 Å². The lowest BCUT2D eigenvalue weighted by atomic mass is 10.1. The highest BCUT2D eigenvalue weighted by atomic mass is 35.5. The summed E-state index contributed by atoms with van der Waals surface area (Å²) in [4.78, 5) is 12.9. The van der Waals surface area contributed by atoms with Crippen LogP contribution in [-0.4, -0.2) is 15.0 Å². The molecule has 1 aromatic carbocycles. The Kier molecular flexibility index (Phi) is 3.44. The van der Waals surface area contributed by atoms with E-state index in [1.54, 1.807) is 18.5 Å². The Labute approximate surface area is 122 Å². The first kappa shape index (κ1) is 12.8. The van der Waals surface area contributed by atoms with E-state index in [9.17, 15) is 0 Å². The third kappa shape index (κ3) is 2.68. The minimum Gasteiger partial charge on any atom is -0.264 e. The fourth-order valence-corrected chi connectivity index (χ4v) is 2.10. The summed E-state index contributed by atoms with van der Waals surface area (Å²) in [6, 6.07) is 13.7. The summed E-state index contributed by atoms with van der Waals surface area (Å²) in [7, 11) is 0. The van der Waals surface area contributed by atoms with Crippen LogP contribution in [0.4, 0.5) is 0 Å². The molecule has 98 valence electrons. The lowest BCUT2D eigenvalue weighted by Crippen LogP contribution is -1.93.